The molecule has 0 saturated carbocycles. The fourth-order valence-corrected chi connectivity index (χ4v) is 2.03. The summed E-state index contributed by atoms with van der Waals surface area (Å²) in [5, 5.41) is 3.19. The Morgan fingerprint density at radius 3 is 3.11 bits per heavy atom. The predicted molar refractivity (Wildman–Crippen MR) is 68.2 cm³/mol. The van der Waals surface area contributed by atoms with Gasteiger partial charge in [-0.3, -0.25) is 0 Å². The second-order valence-electron chi connectivity index (χ2n) is 4.55. The van der Waals surface area contributed by atoms with Crippen LogP contribution in [0.25, 0.3) is 0 Å². The number of ether oxygens (including phenoxy) is 2. The summed E-state index contributed by atoms with van der Waals surface area (Å²) in [6.07, 6.45) is 0.997. The van der Waals surface area contributed by atoms with Crippen LogP contribution in [0.1, 0.15) is 18.9 Å². The van der Waals surface area contributed by atoms with Crippen molar-refractivity contribution in [2.45, 2.75) is 19.9 Å². The maximum atomic E-state index is 13.8. The molecule has 100 valence electrons. The first-order valence-electron chi connectivity index (χ1n) is 6.50. The second-order valence-corrected chi connectivity index (χ2v) is 4.55. The van der Waals surface area contributed by atoms with Crippen LogP contribution in [0.5, 0.6) is 5.75 Å². The molecule has 2 rings (SSSR count). The molecule has 1 atom stereocenters. The molecule has 18 heavy (non-hydrogen) atoms. The predicted octanol–water partition coefficient (Wildman–Crippen LogP) is 2.35. The summed E-state index contributed by atoms with van der Waals surface area (Å²) in [6, 6.07) is 5.05. The average molecular weight is 253 g/mol. The number of hydrogen-bond acceptors (Lipinski definition) is 3. The van der Waals surface area contributed by atoms with Crippen LogP contribution in [0.3, 0.4) is 0 Å². The van der Waals surface area contributed by atoms with E-state index in [1.54, 1.807) is 6.07 Å². The molecule has 4 heteroatoms. The lowest BCUT2D eigenvalue weighted by Gasteiger charge is -2.15. The molecule has 1 N–H and O–H groups in total. The largest absolute Gasteiger partial charge is 0.490 e. The Hall–Kier alpha value is -1.13. The van der Waals surface area contributed by atoms with Crippen molar-refractivity contribution in [1.29, 1.82) is 0 Å². The van der Waals surface area contributed by atoms with Gasteiger partial charge in [0, 0.05) is 24.6 Å². The highest BCUT2D eigenvalue weighted by Crippen LogP contribution is 2.24. The summed E-state index contributed by atoms with van der Waals surface area (Å²) in [6.45, 7) is 5.54. The van der Waals surface area contributed by atoms with E-state index in [1.807, 2.05) is 13.0 Å². The van der Waals surface area contributed by atoms with Crippen molar-refractivity contribution in [1.82, 2.24) is 5.32 Å². The van der Waals surface area contributed by atoms with Gasteiger partial charge in [0.1, 0.15) is 0 Å². The van der Waals surface area contributed by atoms with E-state index >= 15 is 0 Å². The SMILES string of the molecule is CCNCc1cccc(F)c1OCC1CCOC1. The zero-order chi connectivity index (χ0) is 12.8. The second kappa shape index (κ2) is 6.71. The third-order valence-corrected chi connectivity index (χ3v) is 3.10. The summed E-state index contributed by atoms with van der Waals surface area (Å²) >= 11 is 0. The third-order valence-electron chi connectivity index (χ3n) is 3.10. The summed E-state index contributed by atoms with van der Waals surface area (Å²) in [7, 11) is 0. The maximum Gasteiger partial charge on any atom is 0.165 e. The molecule has 0 amide bonds. The van der Waals surface area contributed by atoms with Gasteiger partial charge in [0.15, 0.2) is 11.6 Å². The van der Waals surface area contributed by atoms with Crippen LogP contribution in [0.2, 0.25) is 0 Å². The molecule has 1 fully saturated rings. The van der Waals surface area contributed by atoms with Gasteiger partial charge in [-0.15, -0.1) is 0 Å². The summed E-state index contributed by atoms with van der Waals surface area (Å²) in [5.41, 5.74) is 0.871. The smallest absolute Gasteiger partial charge is 0.165 e. The number of halogens is 1. The van der Waals surface area contributed by atoms with Gasteiger partial charge in [0.25, 0.3) is 0 Å². The molecular weight excluding hydrogens is 233 g/mol. The number of para-hydroxylation sites is 1. The van der Waals surface area contributed by atoms with Gasteiger partial charge in [-0.25, -0.2) is 4.39 Å². The van der Waals surface area contributed by atoms with E-state index in [9.17, 15) is 4.39 Å². The normalized spacial score (nSPS) is 19.1. The molecule has 1 aliphatic rings. The van der Waals surface area contributed by atoms with Crippen molar-refractivity contribution >= 4 is 0 Å². The molecular formula is C14H20FNO2. The van der Waals surface area contributed by atoms with Crippen LogP contribution < -0.4 is 10.1 Å². The fraction of sp³-hybridized carbons (Fsp3) is 0.571. The zero-order valence-electron chi connectivity index (χ0n) is 10.7. The van der Waals surface area contributed by atoms with Crippen molar-refractivity contribution in [3.05, 3.63) is 29.6 Å². The molecule has 0 aliphatic carbocycles. The van der Waals surface area contributed by atoms with Crippen LogP contribution in [0.4, 0.5) is 4.39 Å². The lowest BCUT2D eigenvalue weighted by molar-refractivity contribution is 0.165. The Morgan fingerprint density at radius 2 is 2.39 bits per heavy atom. The topological polar surface area (TPSA) is 30.5 Å². The zero-order valence-corrected chi connectivity index (χ0v) is 10.7. The third kappa shape index (κ3) is 3.43. The van der Waals surface area contributed by atoms with Gasteiger partial charge in [0.2, 0.25) is 0 Å². The number of benzene rings is 1. The van der Waals surface area contributed by atoms with Crippen LogP contribution in [0.15, 0.2) is 18.2 Å². The molecule has 1 aromatic rings. The number of hydrogen-bond donors (Lipinski definition) is 1. The van der Waals surface area contributed by atoms with Crippen molar-refractivity contribution in [3.63, 3.8) is 0 Å². The standard InChI is InChI=1S/C14H20FNO2/c1-2-16-8-12-4-3-5-13(15)14(12)18-10-11-6-7-17-9-11/h3-5,11,16H,2,6-10H2,1H3. The monoisotopic (exact) mass is 253 g/mol. The lowest BCUT2D eigenvalue weighted by atomic mass is 10.1. The molecule has 0 bridgehead atoms. The molecule has 1 heterocycles. The molecule has 0 spiro atoms. The minimum absolute atomic E-state index is 0.288. The van der Waals surface area contributed by atoms with Gasteiger partial charge < -0.3 is 14.8 Å². The first kappa shape index (κ1) is 13.3. The van der Waals surface area contributed by atoms with Crippen LogP contribution in [-0.2, 0) is 11.3 Å². The highest BCUT2D eigenvalue weighted by atomic mass is 19.1. The fourth-order valence-electron chi connectivity index (χ4n) is 2.03. The lowest BCUT2D eigenvalue weighted by Crippen LogP contribution is -2.16. The molecule has 1 aliphatic heterocycles. The molecule has 1 aromatic carbocycles. The molecule has 0 aromatic heterocycles. The van der Waals surface area contributed by atoms with Crippen molar-refractivity contribution in [3.8, 4) is 5.75 Å². The van der Waals surface area contributed by atoms with Crippen molar-refractivity contribution in [2.75, 3.05) is 26.4 Å². The van der Waals surface area contributed by atoms with Gasteiger partial charge >= 0.3 is 0 Å². The molecule has 1 unspecified atom stereocenters. The van der Waals surface area contributed by atoms with Crippen molar-refractivity contribution < 1.29 is 13.9 Å². The maximum absolute atomic E-state index is 13.8. The summed E-state index contributed by atoms with van der Waals surface area (Å²) in [5.74, 6) is 0.478. The van der Waals surface area contributed by atoms with Gasteiger partial charge in [0.05, 0.1) is 13.2 Å². The van der Waals surface area contributed by atoms with Crippen LogP contribution in [-0.4, -0.2) is 26.4 Å². The van der Waals surface area contributed by atoms with E-state index in [2.05, 4.69) is 5.32 Å². The van der Waals surface area contributed by atoms with E-state index in [-0.39, 0.29) is 5.82 Å². The first-order chi connectivity index (χ1) is 8.81. The van der Waals surface area contributed by atoms with Gasteiger partial charge in [-0.05, 0) is 19.0 Å². The highest BCUT2D eigenvalue weighted by Gasteiger charge is 2.18. The Kier molecular flexibility index (Phi) is 4.96. The average Bonchev–Trinajstić information content (AvgIpc) is 2.88. The highest BCUT2D eigenvalue weighted by molar-refractivity contribution is 5.34. The van der Waals surface area contributed by atoms with E-state index in [0.29, 0.717) is 24.8 Å². The Labute approximate surface area is 107 Å². The van der Waals surface area contributed by atoms with E-state index in [4.69, 9.17) is 9.47 Å². The van der Waals surface area contributed by atoms with E-state index in [1.165, 1.54) is 6.07 Å². The number of nitrogens with one attached hydrogen (secondary N) is 1. The van der Waals surface area contributed by atoms with Gasteiger partial charge in [-0.2, -0.15) is 0 Å². The Morgan fingerprint density at radius 1 is 1.50 bits per heavy atom. The molecule has 1 saturated heterocycles. The summed E-state index contributed by atoms with van der Waals surface area (Å²) in [4.78, 5) is 0. The Balaban J connectivity index is 1.99. The minimum Gasteiger partial charge on any atom is -0.490 e. The van der Waals surface area contributed by atoms with E-state index < -0.39 is 0 Å². The quantitative estimate of drug-likeness (QED) is 0.844. The van der Waals surface area contributed by atoms with Crippen molar-refractivity contribution in [2.24, 2.45) is 5.92 Å². The first-order valence-corrected chi connectivity index (χ1v) is 6.50. The number of rotatable bonds is 6. The van der Waals surface area contributed by atoms with E-state index in [0.717, 1.165) is 31.7 Å². The summed E-state index contributed by atoms with van der Waals surface area (Å²) < 4.78 is 24.7. The molecule has 0 radical (unpaired) electrons. The Bertz CT molecular complexity index is 378. The van der Waals surface area contributed by atoms with Crippen LogP contribution >= 0.6 is 0 Å². The molecule has 3 nitrogen and oxygen atoms in total. The minimum atomic E-state index is -0.288. The van der Waals surface area contributed by atoms with Gasteiger partial charge in [-0.1, -0.05) is 19.1 Å². The van der Waals surface area contributed by atoms with Crippen LogP contribution in [0, 0.1) is 11.7 Å².